The van der Waals surface area contributed by atoms with E-state index >= 15 is 0 Å². The van der Waals surface area contributed by atoms with Crippen LogP contribution in [0, 0.1) is 13.8 Å². The predicted molar refractivity (Wildman–Crippen MR) is 90.9 cm³/mol. The maximum Gasteiger partial charge on any atom is 0.253 e. The van der Waals surface area contributed by atoms with Crippen LogP contribution >= 0.6 is 27.5 Å². The molecule has 0 aliphatic heterocycles. The van der Waals surface area contributed by atoms with E-state index in [1.165, 1.54) is 5.56 Å². The Bertz CT molecular complexity index is 684. The lowest BCUT2D eigenvalue weighted by atomic mass is 10.00. The summed E-state index contributed by atoms with van der Waals surface area (Å²) in [6.07, 6.45) is 0. The largest absolute Gasteiger partial charge is 0.345 e. The lowest BCUT2D eigenvalue weighted by molar-refractivity contribution is 0.0940. The minimum atomic E-state index is -0.172. The standard InChI is InChI=1S/C17H17BrClNO/c1-10-4-5-11(2)14(8-10)12(3)20-17(21)15-9-13(18)6-7-16(15)19/h4-9,12H,1-3H3,(H,20,21)/t12-/m0/s1. The molecule has 2 nitrogen and oxygen atoms in total. The van der Waals surface area contributed by atoms with Crippen LogP contribution in [-0.2, 0) is 0 Å². The van der Waals surface area contributed by atoms with Crippen molar-refractivity contribution in [2.24, 2.45) is 0 Å². The molecule has 21 heavy (non-hydrogen) atoms. The van der Waals surface area contributed by atoms with E-state index in [-0.39, 0.29) is 11.9 Å². The fourth-order valence-corrected chi connectivity index (χ4v) is 2.81. The van der Waals surface area contributed by atoms with Crippen LogP contribution in [0.2, 0.25) is 5.02 Å². The van der Waals surface area contributed by atoms with Crippen molar-refractivity contribution in [1.29, 1.82) is 0 Å². The molecule has 4 heteroatoms. The van der Waals surface area contributed by atoms with E-state index in [0.29, 0.717) is 10.6 Å². The quantitative estimate of drug-likeness (QED) is 0.793. The first-order valence-corrected chi connectivity index (χ1v) is 7.88. The lowest BCUT2D eigenvalue weighted by Gasteiger charge is -2.18. The highest BCUT2D eigenvalue weighted by Gasteiger charge is 2.16. The van der Waals surface area contributed by atoms with Crippen molar-refractivity contribution in [2.75, 3.05) is 0 Å². The molecule has 1 amide bonds. The van der Waals surface area contributed by atoms with Crippen molar-refractivity contribution in [1.82, 2.24) is 5.32 Å². The second-order valence-electron chi connectivity index (χ2n) is 5.18. The van der Waals surface area contributed by atoms with E-state index in [2.05, 4.69) is 39.4 Å². The van der Waals surface area contributed by atoms with Crippen LogP contribution in [0.1, 0.15) is 40.0 Å². The number of nitrogens with one attached hydrogen (secondary N) is 1. The summed E-state index contributed by atoms with van der Waals surface area (Å²) in [7, 11) is 0. The Morgan fingerprint density at radius 2 is 1.90 bits per heavy atom. The van der Waals surface area contributed by atoms with E-state index in [0.717, 1.165) is 15.6 Å². The van der Waals surface area contributed by atoms with Gasteiger partial charge >= 0.3 is 0 Å². The third-order valence-corrected chi connectivity index (χ3v) is 4.24. The van der Waals surface area contributed by atoms with Crippen LogP contribution in [0.15, 0.2) is 40.9 Å². The van der Waals surface area contributed by atoms with Crippen LogP contribution in [0.5, 0.6) is 0 Å². The highest BCUT2D eigenvalue weighted by molar-refractivity contribution is 9.10. The summed E-state index contributed by atoms with van der Waals surface area (Å²) in [5.41, 5.74) is 3.93. The van der Waals surface area contributed by atoms with Crippen molar-refractivity contribution in [3.63, 3.8) is 0 Å². The Hall–Kier alpha value is -1.32. The molecule has 0 saturated carbocycles. The van der Waals surface area contributed by atoms with Gasteiger partial charge in [-0.25, -0.2) is 0 Å². The van der Waals surface area contributed by atoms with Crippen molar-refractivity contribution in [3.05, 3.63) is 68.1 Å². The van der Waals surface area contributed by atoms with Crippen molar-refractivity contribution in [2.45, 2.75) is 26.8 Å². The van der Waals surface area contributed by atoms with Gasteiger partial charge in [-0.3, -0.25) is 4.79 Å². The number of carbonyl (C=O) groups is 1. The predicted octanol–water partition coefficient (Wildman–Crippen LogP) is 5.21. The summed E-state index contributed by atoms with van der Waals surface area (Å²) in [6.45, 7) is 6.07. The minimum absolute atomic E-state index is 0.0764. The van der Waals surface area contributed by atoms with Gasteiger partial charge in [-0.15, -0.1) is 0 Å². The summed E-state index contributed by atoms with van der Waals surface area (Å²) in [4.78, 5) is 12.4. The topological polar surface area (TPSA) is 29.1 Å². The highest BCUT2D eigenvalue weighted by atomic mass is 79.9. The molecule has 0 unspecified atom stereocenters. The lowest BCUT2D eigenvalue weighted by Crippen LogP contribution is -2.27. The van der Waals surface area contributed by atoms with E-state index in [1.54, 1.807) is 12.1 Å². The second-order valence-corrected chi connectivity index (χ2v) is 6.50. The van der Waals surface area contributed by atoms with E-state index in [4.69, 9.17) is 11.6 Å². The van der Waals surface area contributed by atoms with Crippen LogP contribution in [0.25, 0.3) is 0 Å². The normalized spacial score (nSPS) is 12.0. The Balaban J connectivity index is 2.23. The molecule has 0 heterocycles. The van der Waals surface area contributed by atoms with Gasteiger partial charge in [0.15, 0.2) is 0 Å². The minimum Gasteiger partial charge on any atom is -0.345 e. The number of hydrogen-bond donors (Lipinski definition) is 1. The van der Waals surface area contributed by atoms with Gasteiger partial charge in [-0.05, 0) is 50.1 Å². The second kappa shape index (κ2) is 6.63. The fraction of sp³-hybridized carbons (Fsp3) is 0.235. The van der Waals surface area contributed by atoms with Crippen molar-refractivity contribution >= 4 is 33.4 Å². The molecule has 0 radical (unpaired) electrons. The van der Waals surface area contributed by atoms with E-state index in [9.17, 15) is 4.79 Å². The highest BCUT2D eigenvalue weighted by Crippen LogP contribution is 2.23. The molecule has 0 fully saturated rings. The molecule has 0 aliphatic rings. The molecule has 0 spiro atoms. The van der Waals surface area contributed by atoms with Crippen LogP contribution < -0.4 is 5.32 Å². The Morgan fingerprint density at radius 1 is 1.19 bits per heavy atom. The molecule has 1 atom stereocenters. The molecule has 2 aromatic carbocycles. The fourth-order valence-electron chi connectivity index (χ4n) is 2.25. The third kappa shape index (κ3) is 3.86. The number of aryl methyl sites for hydroxylation is 2. The van der Waals surface area contributed by atoms with Crippen molar-refractivity contribution < 1.29 is 4.79 Å². The van der Waals surface area contributed by atoms with Gasteiger partial charge < -0.3 is 5.32 Å². The zero-order chi connectivity index (χ0) is 15.6. The van der Waals surface area contributed by atoms with Gasteiger partial charge in [-0.1, -0.05) is 51.3 Å². The Labute approximate surface area is 138 Å². The van der Waals surface area contributed by atoms with Crippen LogP contribution in [0.4, 0.5) is 0 Å². The Morgan fingerprint density at radius 3 is 2.62 bits per heavy atom. The average Bonchev–Trinajstić information content (AvgIpc) is 2.43. The molecule has 110 valence electrons. The monoisotopic (exact) mass is 365 g/mol. The number of amides is 1. The van der Waals surface area contributed by atoms with E-state index < -0.39 is 0 Å². The summed E-state index contributed by atoms with van der Waals surface area (Å²) in [5, 5.41) is 3.45. The molecule has 1 N–H and O–H groups in total. The van der Waals surface area contributed by atoms with Gasteiger partial charge in [0.05, 0.1) is 16.6 Å². The van der Waals surface area contributed by atoms with Crippen molar-refractivity contribution in [3.8, 4) is 0 Å². The first-order chi connectivity index (χ1) is 9.88. The molecule has 0 bridgehead atoms. The van der Waals surface area contributed by atoms with Gasteiger partial charge in [0.25, 0.3) is 5.91 Å². The zero-order valence-electron chi connectivity index (χ0n) is 12.2. The molecular formula is C17H17BrClNO. The summed E-state index contributed by atoms with van der Waals surface area (Å²) >= 11 is 9.45. The maximum atomic E-state index is 12.4. The number of hydrogen-bond acceptors (Lipinski definition) is 1. The number of halogens is 2. The first kappa shape index (κ1) is 16.1. The smallest absolute Gasteiger partial charge is 0.253 e. The molecule has 0 saturated heterocycles. The average molecular weight is 367 g/mol. The maximum absolute atomic E-state index is 12.4. The van der Waals surface area contributed by atoms with Gasteiger partial charge in [0.1, 0.15) is 0 Å². The molecular weight excluding hydrogens is 350 g/mol. The van der Waals surface area contributed by atoms with Crippen LogP contribution in [-0.4, -0.2) is 5.91 Å². The van der Waals surface area contributed by atoms with Gasteiger partial charge in [-0.2, -0.15) is 0 Å². The number of rotatable bonds is 3. The molecule has 2 rings (SSSR count). The van der Waals surface area contributed by atoms with Crippen LogP contribution in [0.3, 0.4) is 0 Å². The molecule has 0 aromatic heterocycles. The summed E-state index contributed by atoms with van der Waals surface area (Å²) in [5.74, 6) is -0.172. The number of benzene rings is 2. The van der Waals surface area contributed by atoms with Gasteiger partial charge in [0.2, 0.25) is 0 Å². The summed E-state index contributed by atoms with van der Waals surface area (Å²) in [6, 6.07) is 11.4. The summed E-state index contributed by atoms with van der Waals surface area (Å²) < 4.78 is 0.830. The molecule has 2 aromatic rings. The SMILES string of the molecule is Cc1ccc(C)c([C@H](C)NC(=O)c2cc(Br)ccc2Cl)c1. The molecule has 0 aliphatic carbocycles. The first-order valence-electron chi connectivity index (χ1n) is 6.71. The zero-order valence-corrected chi connectivity index (χ0v) is 14.5. The van der Waals surface area contributed by atoms with Gasteiger partial charge in [0, 0.05) is 4.47 Å². The van der Waals surface area contributed by atoms with E-state index in [1.807, 2.05) is 26.8 Å². The Kier molecular flexibility index (Phi) is 5.07. The third-order valence-electron chi connectivity index (χ3n) is 3.42. The number of carbonyl (C=O) groups excluding carboxylic acids is 1.